The topological polar surface area (TPSA) is 58.4 Å². The van der Waals surface area contributed by atoms with Crippen LogP contribution in [0.4, 0.5) is 4.79 Å². The summed E-state index contributed by atoms with van der Waals surface area (Å²) < 4.78 is 0. The van der Waals surface area contributed by atoms with E-state index in [0.29, 0.717) is 0 Å². The summed E-state index contributed by atoms with van der Waals surface area (Å²) in [6.45, 7) is 3.37. The van der Waals surface area contributed by atoms with Crippen LogP contribution in [0.3, 0.4) is 0 Å². The van der Waals surface area contributed by atoms with E-state index < -0.39 is 0 Å². The molecule has 58 valence electrons. The predicted molar refractivity (Wildman–Crippen MR) is 38.4 cm³/mol. The zero-order valence-electron chi connectivity index (χ0n) is 6.13. The van der Waals surface area contributed by atoms with Gasteiger partial charge in [0, 0.05) is 13.1 Å². The summed E-state index contributed by atoms with van der Waals surface area (Å²) in [6, 6.07) is -0.0405. The van der Waals surface area contributed by atoms with E-state index in [1.807, 2.05) is 6.92 Å². The maximum atomic E-state index is 11.0. The summed E-state index contributed by atoms with van der Waals surface area (Å²) in [7, 11) is 0. The zero-order valence-corrected chi connectivity index (χ0v) is 6.13. The zero-order chi connectivity index (χ0) is 7.56. The van der Waals surface area contributed by atoms with E-state index in [-0.39, 0.29) is 12.2 Å². The number of nitrogens with zero attached hydrogens (tertiary/aromatic N) is 1. The Bertz CT molecular complexity index is 135. The Balaban J connectivity index is 2.48. The SMILES string of the molecule is CC(N)N1CCCNC1=O. The summed E-state index contributed by atoms with van der Waals surface area (Å²) in [6.07, 6.45) is 0.827. The van der Waals surface area contributed by atoms with E-state index in [2.05, 4.69) is 5.32 Å². The van der Waals surface area contributed by atoms with Crippen LogP contribution in [0.25, 0.3) is 0 Å². The van der Waals surface area contributed by atoms with Crippen LogP contribution in [0.5, 0.6) is 0 Å². The molecule has 2 amide bonds. The smallest absolute Gasteiger partial charge is 0.318 e. The Kier molecular flexibility index (Phi) is 2.11. The van der Waals surface area contributed by atoms with Gasteiger partial charge in [-0.1, -0.05) is 0 Å². The van der Waals surface area contributed by atoms with Gasteiger partial charge in [-0.2, -0.15) is 0 Å². The fourth-order valence-electron chi connectivity index (χ4n) is 1.04. The van der Waals surface area contributed by atoms with Gasteiger partial charge in [0.25, 0.3) is 0 Å². The van der Waals surface area contributed by atoms with Crippen molar-refractivity contribution in [3.8, 4) is 0 Å². The maximum absolute atomic E-state index is 11.0. The van der Waals surface area contributed by atoms with Crippen molar-refractivity contribution >= 4 is 6.03 Å². The molecule has 0 spiro atoms. The van der Waals surface area contributed by atoms with Crippen LogP contribution in [0.1, 0.15) is 13.3 Å². The third-order valence-electron chi connectivity index (χ3n) is 1.60. The van der Waals surface area contributed by atoms with Crippen molar-refractivity contribution < 1.29 is 4.79 Å². The standard InChI is InChI=1S/C6H13N3O/c1-5(7)9-4-2-3-8-6(9)10/h5H,2-4,7H2,1H3,(H,8,10). The maximum Gasteiger partial charge on any atom is 0.318 e. The van der Waals surface area contributed by atoms with Crippen LogP contribution < -0.4 is 11.1 Å². The monoisotopic (exact) mass is 143 g/mol. The predicted octanol–water partition coefficient (Wildman–Crippen LogP) is -0.294. The highest BCUT2D eigenvalue weighted by molar-refractivity contribution is 5.75. The lowest BCUT2D eigenvalue weighted by Gasteiger charge is -2.30. The highest BCUT2D eigenvalue weighted by atomic mass is 16.2. The van der Waals surface area contributed by atoms with Gasteiger partial charge in [0.1, 0.15) is 0 Å². The van der Waals surface area contributed by atoms with E-state index >= 15 is 0 Å². The number of urea groups is 1. The first-order valence-corrected chi connectivity index (χ1v) is 3.52. The van der Waals surface area contributed by atoms with Gasteiger partial charge in [-0.3, -0.25) is 0 Å². The number of amides is 2. The summed E-state index contributed by atoms with van der Waals surface area (Å²) in [5, 5.41) is 2.72. The number of rotatable bonds is 1. The molecule has 0 aromatic heterocycles. The van der Waals surface area contributed by atoms with Gasteiger partial charge < -0.3 is 16.0 Å². The Morgan fingerprint density at radius 3 is 2.90 bits per heavy atom. The van der Waals surface area contributed by atoms with Crippen molar-refractivity contribution in [3.05, 3.63) is 0 Å². The van der Waals surface area contributed by atoms with Crippen LogP contribution in [0, 0.1) is 0 Å². The molecule has 1 fully saturated rings. The molecule has 0 aliphatic carbocycles. The van der Waals surface area contributed by atoms with E-state index in [4.69, 9.17) is 5.73 Å². The fraction of sp³-hybridized carbons (Fsp3) is 0.833. The van der Waals surface area contributed by atoms with Gasteiger partial charge in [0.15, 0.2) is 0 Å². The molecule has 4 heteroatoms. The third kappa shape index (κ3) is 1.39. The third-order valence-corrected chi connectivity index (χ3v) is 1.60. The highest BCUT2D eigenvalue weighted by Gasteiger charge is 2.19. The first-order valence-electron chi connectivity index (χ1n) is 3.52. The van der Waals surface area contributed by atoms with Crippen molar-refractivity contribution in [1.82, 2.24) is 10.2 Å². The largest absolute Gasteiger partial charge is 0.338 e. The van der Waals surface area contributed by atoms with Gasteiger partial charge in [0.05, 0.1) is 6.17 Å². The molecule has 0 aromatic carbocycles. The molecule has 1 atom stereocenters. The second kappa shape index (κ2) is 2.88. The summed E-state index contributed by atoms with van der Waals surface area (Å²) in [5.41, 5.74) is 5.52. The molecule has 1 aliphatic rings. The van der Waals surface area contributed by atoms with Crippen molar-refractivity contribution in [2.45, 2.75) is 19.5 Å². The fourth-order valence-corrected chi connectivity index (χ4v) is 1.04. The van der Waals surface area contributed by atoms with E-state index in [0.717, 1.165) is 19.5 Å². The van der Waals surface area contributed by atoms with Crippen LogP contribution in [0.15, 0.2) is 0 Å². The molecule has 0 saturated carbocycles. The second-order valence-corrected chi connectivity index (χ2v) is 2.52. The number of nitrogens with two attached hydrogens (primary N) is 1. The minimum Gasteiger partial charge on any atom is -0.338 e. The number of carbonyl (C=O) groups is 1. The minimum absolute atomic E-state index is 0.0405. The van der Waals surface area contributed by atoms with Gasteiger partial charge in [0.2, 0.25) is 0 Å². The van der Waals surface area contributed by atoms with E-state index in [1.165, 1.54) is 0 Å². The molecule has 1 saturated heterocycles. The Morgan fingerprint density at radius 2 is 2.50 bits per heavy atom. The van der Waals surface area contributed by atoms with Crippen LogP contribution in [-0.4, -0.2) is 30.2 Å². The minimum atomic E-state index is -0.166. The van der Waals surface area contributed by atoms with Gasteiger partial charge >= 0.3 is 6.03 Å². The van der Waals surface area contributed by atoms with E-state index in [1.54, 1.807) is 4.90 Å². The van der Waals surface area contributed by atoms with Gasteiger partial charge in [-0.25, -0.2) is 4.79 Å². The average Bonchev–Trinajstić information content (AvgIpc) is 1.88. The average molecular weight is 143 g/mol. The number of hydrogen-bond acceptors (Lipinski definition) is 2. The Hall–Kier alpha value is -0.770. The summed E-state index contributed by atoms with van der Waals surface area (Å²) in [4.78, 5) is 12.6. The lowest BCUT2D eigenvalue weighted by molar-refractivity contribution is 0.167. The molecule has 0 bridgehead atoms. The molecule has 1 unspecified atom stereocenters. The van der Waals surface area contributed by atoms with Gasteiger partial charge in [-0.15, -0.1) is 0 Å². The molecule has 10 heavy (non-hydrogen) atoms. The molecule has 1 rings (SSSR count). The number of carbonyl (C=O) groups excluding carboxylic acids is 1. The molecule has 1 aliphatic heterocycles. The molecular formula is C6H13N3O. The highest BCUT2D eigenvalue weighted by Crippen LogP contribution is 2.00. The van der Waals surface area contributed by atoms with Crippen molar-refractivity contribution in [1.29, 1.82) is 0 Å². The van der Waals surface area contributed by atoms with Crippen molar-refractivity contribution in [3.63, 3.8) is 0 Å². The van der Waals surface area contributed by atoms with Crippen LogP contribution >= 0.6 is 0 Å². The quantitative estimate of drug-likeness (QED) is 0.529. The molecule has 1 heterocycles. The second-order valence-electron chi connectivity index (χ2n) is 2.52. The van der Waals surface area contributed by atoms with Crippen LogP contribution in [-0.2, 0) is 0 Å². The molecule has 4 nitrogen and oxygen atoms in total. The summed E-state index contributed by atoms with van der Waals surface area (Å²) in [5.74, 6) is 0. The molecule has 3 N–H and O–H groups in total. The van der Waals surface area contributed by atoms with Crippen molar-refractivity contribution in [2.24, 2.45) is 5.73 Å². The van der Waals surface area contributed by atoms with Gasteiger partial charge in [-0.05, 0) is 13.3 Å². The normalized spacial score (nSPS) is 22.2. The molecule has 0 radical (unpaired) electrons. The first kappa shape index (κ1) is 7.34. The molecular weight excluding hydrogens is 130 g/mol. The Labute approximate surface area is 60.4 Å². The number of nitrogens with one attached hydrogen (secondary N) is 1. The lowest BCUT2D eigenvalue weighted by atomic mass is 10.3. The van der Waals surface area contributed by atoms with E-state index in [9.17, 15) is 4.79 Å². The lowest BCUT2D eigenvalue weighted by Crippen LogP contribution is -2.53. The molecule has 0 aromatic rings. The number of hydrogen-bond donors (Lipinski definition) is 2. The van der Waals surface area contributed by atoms with Crippen molar-refractivity contribution in [2.75, 3.05) is 13.1 Å². The first-order chi connectivity index (χ1) is 4.72. The summed E-state index contributed by atoms with van der Waals surface area (Å²) >= 11 is 0. The van der Waals surface area contributed by atoms with Crippen LogP contribution in [0.2, 0.25) is 0 Å². The Morgan fingerprint density at radius 1 is 1.80 bits per heavy atom.